The minimum Gasteiger partial charge on any atom is -0.497 e. The fourth-order valence-corrected chi connectivity index (χ4v) is 2.57. The van der Waals surface area contributed by atoms with Crippen LogP contribution in [0.5, 0.6) is 5.75 Å². The molecule has 0 aromatic heterocycles. The van der Waals surface area contributed by atoms with Gasteiger partial charge in [0.15, 0.2) is 0 Å². The van der Waals surface area contributed by atoms with Crippen LogP contribution in [0, 0.1) is 10.1 Å². The first-order valence-corrected chi connectivity index (χ1v) is 8.39. The zero-order valence-electron chi connectivity index (χ0n) is 15.0. The summed E-state index contributed by atoms with van der Waals surface area (Å²) in [7, 11) is 1.61. The van der Waals surface area contributed by atoms with Crippen molar-refractivity contribution in [2.45, 2.75) is 0 Å². The number of non-ortho nitro benzene ring substituents is 1. The second-order valence-electron chi connectivity index (χ2n) is 5.86. The summed E-state index contributed by atoms with van der Waals surface area (Å²) in [5, 5.41) is 14.7. The molecule has 0 fully saturated rings. The number of hydrogen-bond donors (Lipinski definition) is 1. The van der Waals surface area contributed by atoms with Gasteiger partial charge in [-0.05, 0) is 35.4 Å². The standard InChI is InChI=1S/C21H17N3O4/c1-28-20-10-8-16(9-11-20)17-5-3-6-18(13-17)21(25)23-22-14-15-4-2-7-19(12-15)24(26)27/h2-14H,1H3,(H,23,25)/b22-14+. The molecule has 7 nitrogen and oxygen atoms in total. The smallest absolute Gasteiger partial charge is 0.271 e. The number of nitrogens with one attached hydrogen (secondary N) is 1. The zero-order valence-corrected chi connectivity index (χ0v) is 15.0. The van der Waals surface area contributed by atoms with Crippen molar-refractivity contribution in [3.63, 3.8) is 0 Å². The van der Waals surface area contributed by atoms with Gasteiger partial charge in [-0.1, -0.05) is 36.4 Å². The molecule has 0 bridgehead atoms. The number of carbonyl (C=O) groups is 1. The molecule has 28 heavy (non-hydrogen) atoms. The number of hydrazone groups is 1. The molecular weight excluding hydrogens is 358 g/mol. The zero-order chi connectivity index (χ0) is 19.9. The molecule has 0 spiro atoms. The van der Waals surface area contributed by atoms with E-state index in [0.717, 1.165) is 16.9 Å². The van der Waals surface area contributed by atoms with Gasteiger partial charge in [0.05, 0.1) is 18.2 Å². The van der Waals surface area contributed by atoms with Crippen LogP contribution in [0.2, 0.25) is 0 Å². The van der Waals surface area contributed by atoms with Crippen LogP contribution < -0.4 is 10.2 Å². The minimum atomic E-state index is -0.486. The first kappa shape index (κ1) is 18.8. The molecule has 0 saturated heterocycles. The minimum absolute atomic E-state index is 0.0394. The van der Waals surface area contributed by atoms with Gasteiger partial charge in [0.2, 0.25) is 0 Å². The monoisotopic (exact) mass is 375 g/mol. The van der Waals surface area contributed by atoms with E-state index in [4.69, 9.17) is 4.74 Å². The van der Waals surface area contributed by atoms with Gasteiger partial charge in [-0.25, -0.2) is 5.43 Å². The fourth-order valence-electron chi connectivity index (χ4n) is 2.57. The fraction of sp³-hybridized carbons (Fsp3) is 0.0476. The van der Waals surface area contributed by atoms with Crippen LogP contribution in [-0.4, -0.2) is 24.2 Å². The predicted octanol–water partition coefficient (Wildman–Crippen LogP) is 4.03. The third-order valence-corrected chi connectivity index (χ3v) is 4.01. The lowest BCUT2D eigenvalue weighted by molar-refractivity contribution is -0.384. The van der Waals surface area contributed by atoms with Crippen LogP contribution in [0.15, 0.2) is 77.9 Å². The Morgan fingerprint density at radius 1 is 1.04 bits per heavy atom. The summed E-state index contributed by atoms with van der Waals surface area (Å²) in [4.78, 5) is 22.6. The third kappa shape index (κ3) is 4.59. The van der Waals surface area contributed by atoms with Crippen LogP contribution in [0.25, 0.3) is 11.1 Å². The highest BCUT2D eigenvalue weighted by Gasteiger charge is 2.07. The van der Waals surface area contributed by atoms with Gasteiger partial charge < -0.3 is 4.74 Å². The molecule has 0 unspecified atom stereocenters. The Balaban J connectivity index is 1.70. The number of benzene rings is 3. The maximum absolute atomic E-state index is 12.3. The molecule has 0 saturated carbocycles. The summed E-state index contributed by atoms with van der Waals surface area (Å²) in [6.07, 6.45) is 1.36. The van der Waals surface area contributed by atoms with Crippen LogP contribution in [0.3, 0.4) is 0 Å². The molecule has 0 aliphatic carbocycles. The number of carbonyl (C=O) groups excluding carboxylic acids is 1. The normalized spacial score (nSPS) is 10.6. The molecule has 0 atom stereocenters. The van der Waals surface area contributed by atoms with E-state index in [2.05, 4.69) is 10.5 Å². The van der Waals surface area contributed by atoms with E-state index in [-0.39, 0.29) is 11.6 Å². The second kappa shape index (κ2) is 8.59. The number of nitro groups is 1. The first-order valence-electron chi connectivity index (χ1n) is 8.39. The quantitative estimate of drug-likeness (QED) is 0.400. The Bertz CT molecular complexity index is 1030. The molecule has 0 heterocycles. The molecule has 0 aliphatic rings. The number of amides is 1. The van der Waals surface area contributed by atoms with Gasteiger partial charge in [0, 0.05) is 23.3 Å². The second-order valence-corrected chi connectivity index (χ2v) is 5.86. The Kier molecular flexibility index (Phi) is 5.76. The lowest BCUT2D eigenvalue weighted by Gasteiger charge is -2.06. The molecule has 0 radical (unpaired) electrons. The number of rotatable bonds is 6. The Morgan fingerprint density at radius 2 is 1.79 bits per heavy atom. The van der Waals surface area contributed by atoms with Crippen molar-refractivity contribution in [1.29, 1.82) is 0 Å². The molecule has 3 aromatic rings. The van der Waals surface area contributed by atoms with E-state index in [1.807, 2.05) is 30.3 Å². The molecule has 1 amide bonds. The van der Waals surface area contributed by atoms with E-state index < -0.39 is 4.92 Å². The van der Waals surface area contributed by atoms with Gasteiger partial charge in [-0.15, -0.1) is 0 Å². The van der Waals surface area contributed by atoms with Crippen LogP contribution in [-0.2, 0) is 0 Å². The van der Waals surface area contributed by atoms with Crippen molar-refractivity contribution >= 4 is 17.8 Å². The number of hydrogen-bond acceptors (Lipinski definition) is 5. The first-order chi connectivity index (χ1) is 13.6. The van der Waals surface area contributed by atoms with Crippen LogP contribution in [0.1, 0.15) is 15.9 Å². The van der Waals surface area contributed by atoms with E-state index in [9.17, 15) is 14.9 Å². The maximum atomic E-state index is 12.3. The Hall–Kier alpha value is -4.00. The van der Waals surface area contributed by atoms with Crippen molar-refractivity contribution in [2.75, 3.05) is 7.11 Å². The van der Waals surface area contributed by atoms with Crippen molar-refractivity contribution in [3.8, 4) is 16.9 Å². The Labute approximate surface area is 161 Å². The van der Waals surface area contributed by atoms with Crippen LogP contribution in [0.4, 0.5) is 5.69 Å². The molecular formula is C21H17N3O4. The van der Waals surface area contributed by atoms with E-state index >= 15 is 0 Å². The number of ether oxygens (including phenoxy) is 1. The molecule has 3 aromatic carbocycles. The molecule has 1 N–H and O–H groups in total. The third-order valence-electron chi connectivity index (χ3n) is 4.01. The van der Waals surface area contributed by atoms with Gasteiger partial charge >= 0.3 is 0 Å². The molecule has 0 aliphatic heterocycles. The average Bonchev–Trinajstić information content (AvgIpc) is 2.74. The van der Waals surface area contributed by atoms with Gasteiger partial charge in [0.1, 0.15) is 5.75 Å². The topological polar surface area (TPSA) is 93.8 Å². The van der Waals surface area contributed by atoms with Crippen molar-refractivity contribution in [2.24, 2.45) is 5.10 Å². The summed E-state index contributed by atoms with van der Waals surface area (Å²) in [5.74, 6) is 0.380. The lowest BCUT2D eigenvalue weighted by atomic mass is 10.0. The number of nitrogens with zero attached hydrogens (tertiary/aromatic N) is 2. The van der Waals surface area contributed by atoms with Gasteiger partial charge in [0.25, 0.3) is 11.6 Å². The summed E-state index contributed by atoms with van der Waals surface area (Å²) in [6, 6.07) is 20.7. The number of methoxy groups -OCH3 is 1. The molecule has 3 rings (SSSR count). The SMILES string of the molecule is COc1ccc(-c2cccc(C(=O)N/N=C/c3cccc([N+](=O)[O-])c3)c2)cc1. The van der Waals surface area contributed by atoms with Gasteiger partial charge in [-0.3, -0.25) is 14.9 Å². The van der Waals surface area contributed by atoms with E-state index in [1.165, 1.54) is 18.3 Å². The highest BCUT2D eigenvalue weighted by atomic mass is 16.6. The number of nitro benzene ring substituents is 1. The van der Waals surface area contributed by atoms with E-state index in [1.54, 1.807) is 37.4 Å². The summed E-state index contributed by atoms with van der Waals surface area (Å²) in [5.41, 5.74) is 5.20. The summed E-state index contributed by atoms with van der Waals surface area (Å²) in [6.45, 7) is 0. The van der Waals surface area contributed by atoms with Crippen molar-refractivity contribution in [3.05, 3.63) is 94.0 Å². The van der Waals surface area contributed by atoms with Crippen molar-refractivity contribution < 1.29 is 14.5 Å². The largest absolute Gasteiger partial charge is 0.497 e. The highest BCUT2D eigenvalue weighted by Crippen LogP contribution is 2.23. The van der Waals surface area contributed by atoms with Gasteiger partial charge in [-0.2, -0.15) is 5.10 Å². The van der Waals surface area contributed by atoms with Crippen molar-refractivity contribution in [1.82, 2.24) is 5.43 Å². The van der Waals surface area contributed by atoms with E-state index in [0.29, 0.717) is 11.1 Å². The highest BCUT2D eigenvalue weighted by molar-refractivity contribution is 5.96. The summed E-state index contributed by atoms with van der Waals surface area (Å²) >= 11 is 0. The maximum Gasteiger partial charge on any atom is 0.271 e. The Morgan fingerprint density at radius 3 is 2.50 bits per heavy atom. The average molecular weight is 375 g/mol. The lowest BCUT2D eigenvalue weighted by Crippen LogP contribution is -2.17. The molecule has 140 valence electrons. The molecule has 7 heteroatoms. The summed E-state index contributed by atoms with van der Waals surface area (Å²) < 4.78 is 5.15. The van der Waals surface area contributed by atoms with Crippen LogP contribution >= 0.6 is 0 Å². The predicted molar refractivity (Wildman–Crippen MR) is 107 cm³/mol.